The molecule has 1 N–H and O–H groups in total. The topological polar surface area (TPSA) is 88.9 Å². The van der Waals surface area contributed by atoms with Gasteiger partial charge in [-0.15, -0.1) is 0 Å². The highest BCUT2D eigenvalue weighted by Crippen LogP contribution is 2.49. The lowest BCUT2D eigenvalue weighted by atomic mass is 9.83. The Kier molecular flexibility index (Phi) is 6.01. The van der Waals surface area contributed by atoms with Gasteiger partial charge in [0, 0.05) is 72.0 Å². The number of methoxy groups -OCH3 is 1. The minimum absolute atomic E-state index is 0.212. The summed E-state index contributed by atoms with van der Waals surface area (Å²) in [5.74, 6) is 0.606. The van der Waals surface area contributed by atoms with E-state index >= 15 is 0 Å². The number of amides is 2. The van der Waals surface area contributed by atoms with E-state index in [1.165, 1.54) is 11.8 Å². The number of ether oxygens (including phenoxy) is 2. The van der Waals surface area contributed by atoms with Gasteiger partial charge in [-0.1, -0.05) is 6.07 Å². The van der Waals surface area contributed by atoms with Crippen molar-refractivity contribution in [2.45, 2.75) is 32.7 Å². The van der Waals surface area contributed by atoms with Crippen molar-refractivity contribution in [2.75, 3.05) is 50.2 Å². The molecule has 3 aliphatic heterocycles. The predicted molar refractivity (Wildman–Crippen MR) is 159 cm³/mol. The van der Waals surface area contributed by atoms with Crippen LogP contribution in [0.3, 0.4) is 0 Å². The standard InChI is InChI=1S/C32H33N5O4/c1-18(2)36-16-23-28(30-26(17-37(19(3)38)32(30)39)33-24-6-5-7-27(36)29(23)24)22-14-20-8-9-21(40-4)15-25(20)34-31(22)35-10-12-41-13-11-35/h5-9,14-16,18,28,33H,10-13,17H2,1-4H3/t28-/m0/s1. The average Bonchev–Trinajstić information content (AvgIpc) is 3.48. The third kappa shape index (κ3) is 3.98. The summed E-state index contributed by atoms with van der Waals surface area (Å²) >= 11 is 0. The zero-order chi connectivity index (χ0) is 28.4. The van der Waals surface area contributed by atoms with Gasteiger partial charge in [0.25, 0.3) is 5.91 Å². The van der Waals surface area contributed by atoms with Crippen molar-refractivity contribution in [1.29, 1.82) is 0 Å². The zero-order valence-corrected chi connectivity index (χ0v) is 23.7. The number of nitrogens with one attached hydrogen (secondary N) is 1. The molecule has 9 heteroatoms. The van der Waals surface area contributed by atoms with Crippen LogP contribution < -0.4 is 15.0 Å². The Bertz CT molecular complexity index is 1770. The molecule has 2 amide bonds. The molecule has 1 fully saturated rings. The van der Waals surface area contributed by atoms with Gasteiger partial charge < -0.3 is 24.3 Å². The summed E-state index contributed by atoms with van der Waals surface area (Å²) in [6.07, 6.45) is 2.19. The van der Waals surface area contributed by atoms with E-state index in [-0.39, 0.29) is 24.4 Å². The van der Waals surface area contributed by atoms with Gasteiger partial charge in [-0.05, 0) is 49.7 Å². The molecule has 5 heterocycles. The normalized spacial score (nSPS) is 18.8. The molecule has 4 aromatic rings. The summed E-state index contributed by atoms with van der Waals surface area (Å²) < 4.78 is 13.5. The number of fused-ring (bicyclic) bond motifs is 1. The van der Waals surface area contributed by atoms with Gasteiger partial charge in [0.05, 0.1) is 43.5 Å². The quantitative estimate of drug-likeness (QED) is 0.389. The first-order valence-electron chi connectivity index (χ1n) is 14.1. The molecule has 41 heavy (non-hydrogen) atoms. The van der Waals surface area contributed by atoms with E-state index in [0.29, 0.717) is 31.9 Å². The number of rotatable bonds is 4. The third-order valence-electron chi connectivity index (χ3n) is 8.48. The molecular weight excluding hydrogens is 518 g/mol. The molecule has 1 atom stereocenters. The van der Waals surface area contributed by atoms with Crippen LogP contribution in [0.15, 0.2) is 59.9 Å². The number of hydrogen-bond donors (Lipinski definition) is 1. The van der Waals surface area contributed by atoms with E-state index in [9.17, 15) is 9.59 Å². The van der Waals surface area contributed by atoms with Crippen LogP contribution in [0.2, 0.25) is 0 Å². The lowest BCUT2D eigenvalue weighted by Gasteiger charge is -2.32. The first kappa shape index (κ1) is 25.6. The van der Waals surface area contributed by atoms with E-state index in [1.807, 2.05) is 24.3 Å². The Morgan fingerprint density at radius 1 is 1.12 bits per heavy atom. The van der Waals surface area contributed by atoms with Gasteiger partial charge in [-0.3, -0.25) is 14.5 Å². The number of pyridine rings is 1. The Morgan fingerprint density at radius 3 is 2.66 bits per heavy atom. The maximum Gasteiger partial charge on any atom is 0.259 e. The first-order chi connectivity index (χ1) is 19.9. The van der Waals surface area contributed by atoms with E-state index in [2.05, 4.69) is 53.0 Å². The third-order valence-corrected chi connectivity index (χ3v) is 8.48. The fourth-order valence-corrected chi connectivity index (χ4v) is 6.50. The van der Waals surface area contributed by atoms with Gasteiger partial charge in [0.1, 0.15) is 11.6 Å². The van der Waals surface area contributed by atoms with Crippen molar-refractivity contribution in [3.8, 4) is 5.75 Å². The van der Waals surface area contributed by atoms with Crippen LogP contribution in [-0.4, -0.2) is 66.2 Å². The summed E-state index contributed by atoms with van der Waals surface area (Å²) in [7, 11) is 1.65. The number of hydrogen-bond acceptors (Lipinski definition) is 7. The van der Waals surface area contributed by atoms with Crippen LogP contribution in [0, 0.1) is 0 Å². The number of nitrogens with zero attached hydrogens (tertiary/aromatic N) is 4. The molecule has 3 aliphatic rings. The SMILES string of the molecule is COc1ccc2cc([C@@H]3C4=C(CN(C(C)=O)C4=O)Nc4cccc5c4c3cn5C(C)C)c(N3CCOCC3)nc2c1. The first-order valence-corrected chi connectivity index (χ1v) is 14.1. The number of benzene rings is 2. The predicted octanol–water partition coefficient (Wildman–Crippen LogP) is 4.82. The maximum absolute atomic E-state index is 14.1. The number of carbonyl (C=O) groups excluding carboxylic acids is 2. The molecule has 0 spiro atoms. The van der Waals surface area contributed by atoms with Crippen molar-refractivity contribution in [2.24, 2.45) is 0 Å². The maximum atomic E-state index is 14.1. The lowest BCUT2D eigenvalue weighted by Crippen LogP contribution is -2.38. The number of aromatic nitrogens is 2. The highest BCUT2D eigenvalue weighted by atomic mass is 16.5. The molecule has 1 saturated heterocycles. The fourth-order valence-electron chi connectivity index (χ4n) is 6.50. The number of anilines is 2. The van der Waals surface area contributed by atoms with Gasteiger partial charge in [0.15, 0.2) is 0 Å². The largest absolute Gasteiger partial charge is 0.497 e. The molecule has 0 radical (unpaired) electrons. The van der Waals surface area contributed by atoms with Crippen LogP contribution >= 0.6 is 0 Å². The van der Waals surface area contributed by atoms with E-state index in [1.54, 1.807) is 7.11 Å². The Balaban J connectivity index is 1.55. The smallest absolute Gasteiger partial charge is 0.259 e. The van der Waals surface area contributed by atoms with Crippen molar-refractivity contribution in [3.63, 3.8) is 0 Å². The summed E-state index contributed by atoms with van der Waals surface area (Å²) in [6, 6.07) is 14.5. The Hall–Kier alpha value is -4.37. The van der Waals surface area contributed by atoms with Gasteiger partial charge >= 0.3 is 0 Å². The van der Waals surface area contributed by atoms with Crippen molar-refractivity contribution >= 4 is 45.1 Å². The highest BCUT2D eigenvalue weighted by Gasteiger charge is 2.43. The molecule has 0 bridgehead atoms. The summed E-state index contributed by atoms with van der Waals surface area (Å²) in [4.78, 5) is 35.5. The van der Waals surface area contributed by atoms with Crippen LogP contribution in [0.1, 0.15) is 43.9 Å². The Labute approximate surface area is 238 Å². The van der Waals surface area contributed by atoms with Gasteiger partial charge in [-0.2, -0.15) is 0 Å². The molecule has 9 nitrogen and oxygen atoms in total. The summed E-state index contributed by atoms with van der Waals surface area (Å²) in [5.41, 5.74) is 6.21. The van der Waals surface area contributed by atoms with Gasteiger partial charge in [0.2, 0.25) is 5.91 Å². The number of morpholine rings is 1. The number of carbonyl (C=O) groups is 2. The average molecular weight is 552 g/mol. The van der Waals surface area contributed by atoms with Crippen LogP contribution in [0.5, 0.6) is 5.75 Å². The molecule has 7 rings (SSSR count). The van der Waals surface area contributed by atoms with Crippen molar-refractivity contribution in [3.05, 3.63) is 71.1 Å². The fraction of sp³-hybridized carbons (Fsp3) is 0.344. The summed E-state index contributed by atoms with van der Waals surface area (Å²) in [6.45, 7) is 8.59. The van der Waals surface area contributed by atoms with Crippen LogP contribution in [0.25, 0.3) is 21.8 Å². The second-order valence-corrected chi connectivity index (χ2v) is 11.2. The molecule has 0 saturated carbocycles. The Morgan fingerprint density at radius 2 is 1.93 bits per heavy atom. The van der Waals surface area contributed by atoms with Crippen LogP contribution in [-0.2, 0) is 14.3 Å². The molecule has 0 unspecified atom stereocenters. The van der Waals surface area contributed by atoms with Crippen molar-refractivity contribution < 1.29 is 19.1 Å². The summed E-state index contributed by atoms with van der Waals surface area (Å²) in [5, 5.41) is 5.63. The molecule has 2 aromatic heterocycles. The molecule has 210 valence electrons. The second-order valence-electron chi connectivity index (χ2n) is 11.2. The van der Waals surface area contributed by atoms with E-state index in [4.69, 9.17) is 14.5 Å². The number of imide groups is 1. The monoisotopic (exact) mass is 551 g/mol. The molecule has 0 aliphatic carbocycles. The van der Waals surface area contributed by atoms with Crippen LogP contribution in [0.4, 0.5) is 11.5 Å². The highest BCUT2D eigenvalue weighted by molar-refractivity contribution is 6.11. The zero-order valence-electron chi connectivity index (χ0n) is 23.7. The van der Waals surface area contributed by atoms with E-state index < -0.39 is 5.92 Å². The molecular formula is C32H33N5O4. The lowest BCUT2D eigenvalue weighted by molar-refractivity contribution is -0.139. The van der Waals surface area contributed by atoms with Gasteiger partial charge in [-0.25, -0.2) is 4.98 Å². The van der Waals surface area contributed by atoms with Crippen molar-refractivity contribution in [1.82, 2.24) is 14.5 Å². The minimum Gasteiger partial charge on any atom is -0.497 e. The molecule has 2 aromatic carbocycles. The van der Waals surface area contributed by atoms with E-state index in [0.717, 1.165) is 55.9 Å². The second kappa shape index (κ2) is 9.62. The minimum atomic E-state index is -0.433.